The molecule has 0 radical (unpaired) electrons. The second-order valence-corrected chi connectivity index (χ2v) is 6.12. The van der Waals surface area contributed by atoms with Crippen molar-refractivity contribution in [1.29, 1.82) is 5.26 Å². The van der Waals surface area contributed by atoms with Gasteiger partial charge < -0.3 is 24.8 Å². The maximum Gasteiger partial charge on any atom is 0.231 e. The average Bonchev–Trinajstić information content (AvgIpc) is 3.08. The van der Waals surface area contributed by atoms with Crippen molar-refractivity contribution in [1.82, 2.24) is 0 Å². The Kier molecular flexibility index (Phi) is 3.43. The topological polar surface area (TPSA) is 80.7 Å². The van der Waals surface area contributed by atoms with Crippen LogP contribution in [0.3, 0.4) is 0 Å². The molecule has 0 saturated carbocycles. The molecule has 2 aromatic carbocycles. The third-order valence-corrected chi connectivity index (χ3v) is 4.46. The summed E-state index contributed by atoms with van der Waals surface area (Å²) in [5.41, 5.74) is 9.13. The third-order valence-electron chi connectivity index (χ3n) is 4.46. The average molecular weight is 335 g/mol. The molecular weight excluding hydrogens is 318 g/mol. The van der Waals surface area contributed by atoms with Crippen LogP contribution in [0.25, 0.3) is 0 Å². The molecule has 2 heterocycles. The van der Waals surface area contributed by atoms with Gasteiger partial charge in [0.05, 0.1) is 5.92 Å². The second-order valence-electron chi connectivity index (χ2n) is 6.12. The maximum absolute atomic E-state index is 9.66. The zero-order chi connectivity index (χ0) is 17.6. The van der Waals surface area contributed by atoms with E-state index >= 15 is 0 Å². The molecule has 1 atom stereocenters. The van der Waals surface area contributed by atoms with Crippen molar-refractivity contribution in [2.75, 3.05) is 25.8 Å². The van der Waals surface area contributed by atoms with E-state index in [4.69, 9.17) is 19.9 Å². The number of nitriles is 1. The number of anilines is 1. The number of allylic oxidation sites excluding steroid dienone is 1. The first-order valence-electron chi connectivity index (χ1n) is 7.87. The van der Waals surface area contributed by atoms with Crippen LogP contribution in [0.2, 0.25) is 0 Å². The quantitative estimate of drug-likeness (QED) is 0.909. The van der Waals surface area contributed by atoms with E-state index in [9.17, 15) is 5.26 Å². The van der Waals surface area contributed by atoms with Crippen LogP contribution in [0.15, 0.2) is 47.9 Å². The van der Waals surface area contributed by atoms with Gasteiger partial charge >= 0.3 is 0 Å². The first-order valence-corrected chi connectivity index (χ1v) is 7.87. The van der Waals surface area contributed by atoms with E-state index in [0.29, 0.717) is 22.8 Å². The number of rotatable bonds is 2. The molecule has 2 aliphatic heterocycles. The summed E-state index contributed by atoms with van der Waals surface area (Å²) < 4.78 is 16.9. The summed E-state index contributed by atoms with van der Waals surface area (Å²) >= 11 is 0. The van der Waals surface area contributed by atoms with Gasteiger partial charge in [0, 0.05) is 37.0 Å². The Hall–Kier alpha value is -3.33. The first kappa shape index (κ1) is 15.2. The largest absolute Gasteiger partial charge is 0.454 e. The molecule has 25 heavy (non-hydrogen) atoms. The summed E-state index contributed by atoms with van der Waals surface area (Å²) in [5, 5.41) is 9.66. The smallest absolute Gasteiger partial charge is 0.231 e. The standard InChI is InChI=1S/C19H17N3O3/c1-22(2)11-6-7-12-16(8-11)25-19(21)14(9-20)17(12)13-4-3-5-15-18(13)24-10-23-15/h3-8,17H,10,21H2,1-2H3. The van der Waals surface area contributed by atoms with Gasteiger partial charge in [-0.3, -0.25) is 0 Å². The van der Waals surface area contributed by atoms with Crippen LogP contribution in [-0.2, 0) is 0 Å². The Morgan fingerprint density at radius 2 is 1.96 bits per heavy atom. The lowest BCUT2D eigenvalue weighted by atomic mass is 9.83. The first-order chi connectivity index (χ1) is 12.1. The Balaban J connectivity index is 1.93. The van der Waals surface area contributed by atoms with Crippen LogP contribution in [-0.4, -0.2) is 20.9 Å². The van der Waals surface area contributed by atoms with E-state index in [0.717, 1.165) is 16.8 Å². The van der Waals surface area contributed by atoms with Crippen molar-refractivity contribution in [3.8, 4) is 23.3 Å². The molecule has 0 fully saturated rings. The van der Waals surface area contributed by atoms with Gasteiger partial charge in [-0.15, -0.1) is 0 Å². The summed E-state index contributed by atoms with van der Waals surface area (Å²) in [4.78, 5) is 1.98. The minimum absolute atomic E-state index is 0.118. The molecule has 6 nitrogen and oxygen atoms in total. The molecule has 0 aromatic heterocycles. The number of nitrogens with two attached hydrogens (primary N) is 1. The van der Waals surface area contributed by atoms with Crippen molar-refractivity contribution >= 4 is 5.69 Å². The Morgan fingerprint density at radius 1 is 1.12 bits per heavy atom. The van der Waals surface area contributed by atoms with Crippen LogP contribution in [0.4, 0.5) is 5.69 Å². The summed E-state index contributed by atoms with van der Waals surface area (Å²) in [6, 6.07) is 13.7. The Bertz CT molecular complexity index is 928. The van der Waals surface area contributed by atoms with E-state index in [2.05, 4.69) is 6.07 Å². The zero-order valence-electron chi connectivity index (χ0n) is 13.9. The molecule has 6 heteroatoms. The highest BCUT2D eigenvalue weighted by atomic mass is 16.7. The fourth-order valence-electron chi connectivity index (χ4n) is 3.22. The van der Waals surface area contributed by atoms with Crippen LogP contribution in [0, 0.1) is 11.3 Å². The summed E-state index contributed by atoms with van der Waals surface area (Å²) in [7, 11) is 3.91. The van der Waals surface area contributed by atoms with Gasteiger partial charge in [0.1, 0.15) is 17.4 Å². The van der Waals surface area contributed by atoms with Gasteiger partial charge in [-0.05, 0) is 12.1 Å². The number of benzene rings is 2. The van der Waals surface area contributed by atoms with Crippen molar-refractivity contribution in [2.45, 2.75) is 5.92 Å². The molecule has 2 N–H and O–H groups in total. The molecule has 4 rings (SSSR count). The van der Waals surface area contributed by atoms with Crippen LogP contribution in [0.5, 0.6) is 17.2 Å². The van der Waals surface area contributed by atoms with Gasteiger partial charge in [-0.25, -0.2) is 0 Å². The highest BCUT2D eigenvalue weighted by Crippen LogP contribution is 2.48. The van der Waals surface area contributed by atoms with E-state index in [1.807, 2.05) is 55.4 Å². The monoisotopic (exact) mass is 335 g/mol. The molecule has 2 aromatic rings. The molecule has 1 unspecified atom stereocenters. The lowest BCUT2D eigenvalue weighted by molar-refractivity contribution is 0.173. The molecule has 0 saturated heterocycles. The summed E-state index contributed by atoms with van der Waals surface area (Å²) in [6.07, 6.45) is 0. The van der Waals surface area contributed by atoms with Crippen LogP contribution in [0.1, 0.15) is 17.0 Å². The molecule has 0 bridgehead atoms. The zero-order valence-corrected chi connectivity index (χ0v) is 13.9. The van der Waals surface area contributed by atoms with Crippen molar-refractivity contribution in [3.63, 3.8) is 0 Å². The van der Waals surface area contributed by atoms with Crippen LogP contribution < -0.4 is 24.8 Å². The van der Waals surface area contributed by atoms with Crippen molar-refractivity contribution < 1.29 is 14.2 Å². The number of para-hydroxylation sites is 1. The highest BCUT2D eigenvalue weighted by molar-refractivity contribution is 5.64. The van der Waals surface area contributed by atoms with Gasteiger partial charge in [0.2, 0.25) is 12.7 Å². The number of hydrogen-bond donors (Lipinski definition) is 1. The van der Waals surface area contributed by atoms with Crippen LogP contribution >= 0.6 is 0 Å². The van der Waals surface area contributed by atoms with E-state index in [1.54, 1.807) is 0 Å². The minimum atomic E-state index is -0.360. The summed E-state index contributed by atoms with van der Waals surface area (Å²) in [6.45, 7) is 0.170. The van der Waals surface area contributed by atoms with Crippen molar-refractivity contribution in [2.24, 2.45) is 5.73 Å². The van der Waals surface area contributed by atoms with E-state index in [1.165, 1.54) is 0 Å². The van der Waals surface area contributed by atoms with Gasteiger partial charge in [0.15, 0.2) is 11.5 Å². The second kappa shape index (κ2) is 5.64. The van der Waals surface area contributed by atoms with E-state index < -0.39 is 0 Å². The predicted octanol–water partition coefficient (Wildman–Crippen LogP) is 2.70. The van der Waals surface area contributed by atoms with Gasteiger partial charge in [-0.1, -0.05) is 18.2 Å². The number of nitrogens with zero attached hydrogens (tertiary/aromatic N) is 2. The maximum atomic E-state index is 9.66. The lowest BCUT2D eigenvalue weighted by Crippen LogP contribution is -2.21. The minimum Gasteiger partial charge on any atom is -0.454 e. The van der Waals surface area contributed by atoms with Crippen molar-refractivity contribution in [3.05, 3.63) is 59.0 Å². The van der Waals surface area contributed by atoms with Gasteiger partial charge in [0.25, 0.3) is 0 Å². The fourth-order valence-corrected chi connectivity index (χ4v) is 3.22. The Morgan fingerprint density at radius 3 is 2.72 bits per heavy atom. The fraction of sp³-hybridized carbons (Fsp3) is 0.211. The number of ether oxygens (including phenoxy) is 3. The Labute approximate surface area is 145 Å². The summed E-state index contributed by atoms with van der Waals surface area (Å²) in [5.74, 6) is 1.72. The molecule has 0 spiro atoms. The highest BCUT2D eigenvalue weighted by Gasteiger charge is 2.34. The number of hydrogen-bond acceptors (Lipinski definition) is 6. The number of fused-ring (bicyclic) bond motifs is 2. The molecule has 2 aliphatic rings. The lowest BCUT2D eigenvalue weighted by Gasteiger charge is -2.28. The molecule has 0 amide bonds. The van der Waals surface area contributed by atoms with Gasteiger partial charge in [-0.2, -0.15) is 5.26 Å². The molecular formula is C19H17N3O3. The van der Waals surface area contributed by atoms with E-state index in [-0.39, 0.29) is 18.6 Å². The normalized spacial score (nSPS) is 17.6. The molecule has 126 valence electrons. The molecule has 0 aliphatic carbocycles. The SMILES string of the molecule is CN(C)c1ccc2c(c1)OC(N)=C(C#N)C2c1cccc2c1OCO2. The predicted molar refractivity (Wildman–Crippen MR) is 92.6 cm³/mol. The third kappa shape index (κ3) is 2.32.